The highest BCUT2D eigenvalue weighted by Gasteiger charge is 2.44. The third-order valence-corrected chi connectivity index (χ3v) is 5.19. The van der Waals surface area contributed by atoms with Crippen LogP contribution in [0, 0.1) is 17.3 Å². The first-order valence-corrected chi connectivity index (χ1v) is 8.00. The second kappa shape index (κ2) is 6.38. The zero-order valence-corrected chi connectivity index (χ0v) is 12.7. The van der Waals surface area contributed by atoms with E-state index in [1.807, 2.05) is 0 Å². The summed E-state index contributed by atoms with van der Waals surface area (Å²) < 4.78 is 0. The molecule has 2 heteroatoms. The summed E-state index contributed by atoms with van der Waals surface area (Å²) in [6.07, 6.45) is 8.76. The second-order valence-electron chi connectivity index (χ2n) is 7.19. The van der Waals surface area contributed by atoms with E-state index in [4.69, 9.17) is 0 Å². The van der Waals surface area contributed by atoms with E-state index in [-0.39, 0.29) is 0 Å². The molecule has 0 unspecified atom stereocenters. The molecule has 1 N–H and O–H groups in total. The van der Waals surface area contributed by atoms with Gasteiger partial charge in [0.1, 0.15) is 0 Å². The van der Waals surface area contributed by atoms with Gasteiger partial charge in [-0.25, -0.2) is 0 Å². The van der Waals surface area contributed by atoms with Gasteiger partial charge < -0.3 is 10.2 Å². The van der Waals surface area contributed by atoms with Crippen LogP contribution in [0.5, 0.6) is 0 Å². The first kappa shape index (κ1) is 14.3. The van der Waals surface area contributed by atoms with Crippen LogP contribution in [0.1, 0.15) is 52.4 Å². The summed E-state index contributed by atoms with van der Waals surface area (Å²) in [6, 6.07) is 0. The maximum atomic E-state index is 3.28. The summed E-state index contributed by atoms with van der Waals surface area (Å²) in [5, 5.41) is 3.28. The largest absolute Gasteiger partial charge is 0.320 e. The Balaban J connectivity index is 1.62. The zero-order chi connectivity index (χ0) is 13.0. The number of likely N-dealkylation sites (tertiary alicyclic amines) is 1. The van der Waals surface area contributed by atoms with Gasteiger partial charge in [-0.15, -0.1) is 0 Å². The van der Waals surface area contributed by atoms with Crippen LogP contribution in [0.3, 0.4) is 0 Å². The second-order valence-corrected chi connectivity index (χ2v) is 7.19. The van der Waals surface area contributed by atoms with Crippen molar-refractivity contribution in [2.75, 3.05) is 33.2 Å². The molecule has 0 amide bonds. The van der Waals surface area contributed by atoms with E-state index >= 15 is 0 Å². The molecule has 1 aliphatic heterocycles. The average Bonchev–Trinajstić information content (AvgIpc) is 2.32. The lowest BCUT2D eigenvalue weighted by Crippen LogP contribution is -2.47. The molecule has 2 aliphatic rings. The van der Waals surface area contributed by atoms with Crippen molar-refractivity contribution in [3.8, 4) is 0 Å². The van der Waals surface area contributed by atoms with Crippen LogP contribution in [-0.2, 0) is 0 Å². The molecule has 0 aromatic carbocycles. The van der Waals surface area contributed by atoms with Gasteiger partial charge in [0.2, 0.25) is 0 Å². The van der Waals surface area contributed by atoms with Crippen molar-refractivity contribution >= 4 is 0 Å². The molecule has 0 atom stereocenters. The maximum absolute atomic E-state index is 3.28. The molecule has 18 heavy (non-hydrogen) atoms. The van der Waals surface area contributed by atoms with Gasteiger partial charge in [-0.3, -0.25) is 0 Å². The highest BCUT2D eigenvalue weighted by atomic mass is 15.1. The first-order valence-electron chi connectivity index (χ1n) is 8.00. The summed E-state index contributed by atoms with van der Waals surface area (Å²) >= 11 is 0. The monoisotopic (exact) mass is 252 g/mol. The minimum Gasteiger partial charge on any atom is -0.320 e. The Morgan fingerprint density at radius 1 is 1.22 bits per heavy atom. The Hall–Kier alpha value is -0.0800. The predicted molar refractivity (Wildman–Crippen MR) is 78.8 cm³/mol. The summed E-state index contributed by atoms with van der Waals surface area (Å²) in [6.45, 7) is 9.95. The summed E-state index contributed by atoms with van der Waals surface area (Å²) in [7, 11) is 2.07. The molecule has 0 bridgehead atoms. The van der Waals surface area contributed by atoms with Crippen LogP contribution in [0.15, 0.2) is 0 Å². The maximum Gasteiger partial charge on any atom is -0.00134 e. The molecule has 0 radical (unpaired) electrons. The minimum atomic E-state index is 0.771. The number of rotatable bonds is 6. The van der Waals surface area contributed by atoms with Crippen molar-refractivity contribution in [3.05, 3.63) is 0 Å². The van der Waals surface area contributed by atoms with Crippen molar-refractivity contribution in [2.45, 2.75) is 52.4 Å². The van der Waals surface area contributed by atoms with E-state index in [0.29, 0.717) is 0 Å². The zero-order valence-electron chi connectivity index (χ0n) is 12.7. The number of piperidine rings is 1. The number of nitrogens with zero attached hydrogens (tertiary/aromatic N) is 1. The number of nitrogens with one attached hydrogen (secondary N) is 1. The van der Waals surface area contributed by atoms with Crippen molar-refractivity contribution in [1.82, 2.24) is 10.2 Å². The van der Waals surface area contributed by atoms with Gasteiger partial charge in [0.25, 0.3) is 0 Å². The first-order chi connectivity index (χ1) is 8.63. The molecule has 1 saturated heterocycles. The van der Waals surface area contributed by atoms with E-state index in [9.17, 15) is 0 Å². The van der Waals surface area contributed by atoms with Gasteiger partial charge in [0.15, 0.2) is 0 Å². The van der Waals surface area contributed by atoms with Crippen LogP contribution in [0.2, 0.25) is 0 Å². The van der Waals surface area contributed by atoms with Gasteiger partial charge in [-0.1, -0.05) is 13.8 Å². The molecule has 1 spiro atoms. The van der Waals surface area contributed by atoms with Crippen molar-refractivity contribution in [3.63, 3.8) is 0 Å². The molecule has 0 aromatic heterocycles. The number of hydrogen-bond acceptors (Lipinski definition) is 2. The summed E-state index contributed by atoms with van der Waals surface area (Å²) in [5.41, 5.74) is 0.771. The van der Waals surface area contributed by atoms with Crippen LogP contribution in [0.25, 0.3) is 0 Å². The van der Waals surface area contributed by atoms with Crippen LogP contribution < -0.4 is 5.32 Å². The Labute approximate surface area is 114 Å². The normalized spacial score (nSPS) is 24.7. The fraction of sp³-hybridized carbons (Fsp3) is 1.00. The van der Waals surface area contributed by atoms with Gasteiger partial charge in [0, 0.05) is 0 Å². The third kappa shape index (κ3) is 3.71. The molecular formula is C16H32N2. The highest BCUT2D eigenvalue weighted by molar-refractivity contribution is 4.96. The van der Waals surface area contributed by atoms with E-state index in [1.165, 1.54) is 64.7 Å². The molecule has 106 valence electrons. The molecule has 1 saturated carbocycles. The quantitative estimate of drug-likeness (QED) is 0.781. The highest BCUT2D eigenvalue weighted by Crippen LogP contribution is 2.53. The molecule has 2 nitrogen and oxygen atoms in total. The Kier molecular flexibility index (Phi) is 5.08. The molecule has 0 aromatic rings. The van der Waals surface area contributed by atoms with Crippen molar-refractivity contribution in [2.24, 2.45) is 17.3 Å². The fourth-order valence-corrected chi connectivity index (χ4v) is 3.82. The Morgan fingerprint density at radius 3 is 2.44 bits per heavy atom. The van der Waals surface area contributed by atoms with E-state index in [0.717, 1.165) is 17.3 Å². The van der Waals surface area contributed by atoms with E-state index in [2.05, 4.69) is 31.1 Å². The lowest BCUT2D eigenvalue weighted by molar-refractivity contribution is -0.0164. The SMILES string of the molecule is CNCCC1CC2(CCN(CCC(C)C)CC2)C1. The fourth-order valence-electron chi connectivity index (χ4n) is 3.82. The predicted octanol–water partition coefficient (Wildman–Crippen LogP) is 3.13. The average molecular weight is 252 g/mol. The number of hydrogen-bond donors (Lipinski definition) is 1. The van der Waals surface area contributed by atoms with Gasteiger partial charge >= 0.3 is 0 Å². The molecule has 2 rings (SSSR count). The summed E-state index contributed by atoms with van der Waals surface area (Å²) in [5.74, 6) is 1.88. The lowest BCUT2D eigenvalue weighted by Gasteiger charge is -2.52. The summed E-state index contributed by atoms with van der Waals surface area (Å²) in [4.78, 5) is 2.70. The van der Waals surface area contributed by atoms with Gasteiger partial charge in [-0.05, 0) is 89.0 Å². The van der Waals surface area contributed by atoms with Crippen molar-refractivity contribution < 1.29 is 0 Å². The third-order valence-electron chi connectivity index (χ3n) is 5.19. The standard InChI is InChI=1S/C16H32N2/c1-14(2)5-9-18-10-6-16(7-11-18)12-15(13-16)4-8-17-3/h14-15,17H,4-13H2,1-3H3. The lowest BCUT2D eigenvalue weighted by atomic mass is 9.57. The van der Waals surface area contributed by atoms with Crippen LogP contribution in [0.4, 0.5) is 0 Å². The Bertz CT molecular complexity index is 233. The van der Waals surface area contributed by atoms with Gasteiger partial charge in [0.05, 0.1) is 0 Å². The van der Waals surface area contributed by atoms with E-state index in [1.54, 1.807) is 0 Å². The Morgan fingerprint density at radius 2 is 1.89 bits per heavy atom. The van der Waals surface area contributed by atoms with Crippen molar-refractivity contribution in [1.29, 1.82) is 0 Å². The molecular weight excluding hydrogens is 220 g/mol. The smallest absolute Gasteiger partial charge is 0.00134 e. The topological polar surface area (TPSA) is 15.3 Å². The van der Waals surface area contributed by atoms with Crippen LogP contribution >= 0.6 is 0 Å². The minimum absolute atomic E-state index is 0.771. The molecule has 2 fully saturated rings. The van der Waals surface area contributed by atoms with Crippen LogP contribution in [-0.4, -0.2) is 38.1 Å². The molecule has 1 heterocycles. The van der Waals surface area contributed by atoms with E-state index < -0.39 is 0 Å². The van der Waals surface area contributed by atoms with Gasteiger partial charge in [-0.2, -0.15) is 0 Å². The molecule has 1 aliphatic carbocycles.